The number of nitrogens with zero attached hydrogens (tertiary/aromatic N) is 1. The lowest BCUT2D eigenvalue weighted by Crippen LogP contribution is -2.72. The number of nitrogens with one attached hydrogen (secondary N) is 1. The van der Waals surface area contributed by atoms with Gasteiger partial charge in [-0.3, -0.25) is 4.90 Å². The maximum Gasteiger partial charge on any atom is 0.401 e. The van der Waals surface area contributed by atoms with E-state index < -0.39 is 12.7 Å². The van der Waals surface area contributed by atoms with Crippen molar-refractivity contribution in [1.82, 2.24) is 10.2 Å². The zero-order valence-electron chi connectivity index (χ0n) is 10.1. The van der Waals surface area contributed by atoms with E-state index >= 15 is 0 Å². The molecule has 1 aromatic rings. The molecule has 0 radical (unpaired) electrons. The number of benzene rings is 1. The second-order valence-corrected chi connectivity index (χ2v) is 6.18. The quantitative estimate of drug-likeness (QED) is 0.894. The van der Waals surface area contributed by atoms with Crippen molar-refractivity contribution in [2.45, 2.75) is 24.2 Å². The van der Waals surface area contributed by atoms with Crippen molar-refractivity contribution >= 4 is 15.9 Å². The Labute approximate surface area is 118 Å². The summed E-state index contributed by atoms with van der Waals surface area (Å²) >= 11 is 3.39. The number of piperidine rings is 1. The Hall–Kier alpha value is -0.590. The highest BCUT2D eigenvalue weighted by Crippen LogP contribution is 2.37. The summed E-state index contributed by atoms with van der Waals surface area (Å²) in [4.78, 5) is 1.50. The van der Waals surface area contributed by atoms with Gasteiger partial charge in [-0.2, -0.15) is 13.2 Å². The summed E-state index contributed by atoms with van der Waals surface area (Å²) < 4.78 is 38.2. The molecule has 19 heavy (non-hydrogen) atoms. The van der Waals surface area contributed by atoms with Gasteiger partial charge >= 0.3 is 6.18 Å². The van der Waals surface area contributed by atoms with Crippen LogP contribution < -0.4 is 5.32 Å². The second-order valence-electron chi connectivity index (χ2n) is 5.27. The number of rotatable bonds is 2. The Kier molecular flexibility index (Phi) is 3.35. The smallest absolute Gasteiger partial charge is 0.307 e. The van der Waals surface area contributed by atoms with E-state index in [1.807, 2.05) is 12.1 Å². The minimum Gasteiger partial charge on any atom is -0.307 e. The fourth-order valence-corrected chi connectivity index (χ4v) is 3.40. The van der Waals surface area contributed by atoms with E-state index in [1.165, 1.54) is 10.5 Å². The molecule has 3 fully saturated rings. The van der Waals surface area contributed by atoms with Crippen LogP contribution in [0.3, 0.4) is 0 Å². The van der Waals surface area contributed by atoms with Crippen LogP contribution in [0.15, 0.2) is 28.7 Å². The molecule has 6 heteroatoms. The molecule has 1 aromatic carbocycles. The Balaban J connectivity index is 1.66. The zero-order chi connectivity index (χ0) is 13.6. The molecule has 3 aliphatic heterocycles. The topological polar surface area (TPSA) is 15.3 Å². The van der Waals surface area contributed by atoms with Crippen molar-refractivity contribution in [3.05, 3.63) is 34.3 Å². The number of hydrogen-bond acceptors (Lipinski definition) is 2. The van der Waals surface area contributed by atoms with Crippen LogP contribution >= 0.6 is 15.9 Å². The van der Waals surface area contributed by atoms with E-state index in [2.05, 4.69) is 33.4 Å². The number of hydrogen-bond donors (Lipinski definition) is 1. The molecule has 3 aliphatic rings. The van der Waals surface area contributed by atoms with Gasteiger partial charge in [0.2, 0.25) is 0 Å². The monoisotopic (exact) mass is 334 g/mol. The van der Waals surface area contributed by atoms with Gasteiger partial charge < -0.3 is 5.32 Å². The molecule has 3 saturated heterocycles. The SMILES string of the molecule is FC(F)(F)CN1C[C@@H]2N[C@H](C1)C2c1ccc(Br)cc1. The molecule has 4 rings (SSSR count). The standard InChI is InChI=1S/C13H14BrF3N2/c14-9-3-1-8(2-4-9)12-10-5-19(6-11(12)18-10)7-13(15,16)17/h1-4,10-12,18H,5-7H2/t10-,11+,12?. The van der Waals surface area contributed by atoms with Gasteiger partial charge in [-0.25, -0.2) is 0 Å². The molecule has 1 N–H and O–H groups in total. The van der Waals surface area contributed by atoms with Gasteiger partial charge in [0.15, 0.2) is 0 Å². The lowest BCUT2D eigenvalue weighted by atomic mass is 9.74. The molecule has 3 heterocycles. The second kappa shape index (κ2) is 4.75. The summed E-state index contributed by atoms with van der Waals surface area (Å²) in [6, 6.07) is 8.35. The Bertz CT molecular complexity index is 448. The van der Waals surface area contributed by atoms with Crippen molar-refractivity contribution in [1.29, 1.82) is 0 Å². The van der Waals surface area contributed by atoms with Crippen molar-refractivity contribution in [3.63, 3.8) is 0 Å². The molecule has 1 unspecified atom stereocenters. The average molecular weight is 335 g/mol. The van der Waals surface area contributed by atoms with Crippen LogP contribution in [-0.4, -0.2) is 42.8 Å². The molecule has 104 valence electrons. The summed E-state index contributed by atoms with van der Waals surface area (Å²) in [5, 5.41) is 3.34. The van der Waals surface area contributed by atoms with E-state index in [0.717, 1.165) is 4.47 Å². The molecule has 0 aromatic heterocycles. The third-order valence-electron chi connectivity index (χ3n) is 3.86. The van der Waals surface area contributed by atoms with Crippen LogP contribution in [0.1, 0.15) is 11.5 Å². The highest BCUT2D eigenvalue weighted by molar-refractivity contribution is 9.10. The van der Waals surface area contributed by atoms with Gasteiger partial charge in [-0.05, 0) is 17.7 Å². The minimum absolute atomic E-state index is 0.141. The van der Waals surface area contributed by atoms with Crippen LogP contribution in [0.4, 0.5) is 13.2 Å². The summed E-state index contributed by atoms with van der Waals surface area (Å²) in [5.41, 5.74) is 1.21. The first-order valence-corrected chi connectivity index (χ1v) is 7.02. The maximum absolute atomic E-state index is 12.4. The van der Waals surface area contributed by atoms with Gasteiger partial charge in [0.25, 0.3) is 0 Å². The van der Waals surface area contributed by atoms with E-state index in [9.17, 15) is 13.2 Å². The van der Waals surface area contributed by atoms with Crippen molar-refractivity contribution < 1.29 is 13.2 Å². The van der Waals surface area contributed by atoms with Gasteiger partial charge in [0, 0.05) is 35.6 Å². The van der Waals surface area contributed by atoms with E-state index in [4.69, 9.17) is 0 Å². The molecular formula is C13H14BrF3N2. The predicted molar refractivity (Wildman–Crippen MR) is 70.1 cm³/mol. The predicted octanol–water partition coefficient (Wildman–Crippen LogP) is 2.75. The van der Waals surface area contributed by atoms with Gasteiger partial charge in [0.1, 0.15) is 0 Å². The summed E-state index contributed by atoms with van der Waals surface area (Å²) in [6.07, 6.45) is -4.10. The molecule has 3 atom stereocenters. The van der Waals surface area contributed by atoms with Crippen LogP contribution in [-0.2, 0) is 0 Å². The molecule has 2 bridgehead atoms. The number of halogens is 4. The fraction of sp³-hybridized carbons (Fsp3) is 0.538. The van der Waals surface area contributed by atoms with Gasteiger partial charge in [-0.1, -0.05) is 28.1 Å². The molecule has 2 nitrogen and oxygen atoms in total. The molecular weight excluding hydrogens is 321 g/mol. The summed E-state index contributed by atoms with van der Waals surface area (Å²) in [6.45, 7) is 0.141. The first kappa shape index (κ1) is 13.4. The van der Waals surface area contributed by atoms with Crippen molar-refractivity contribution in [2.24, 2.45) is 0 Å². The third kappa shape index (κ3) is 2.80. The highest BCUT2D eigenvalue weighted by Gasteiger charge is 2.48. The fourth-order valence-electron chi connectivity index (χ4n) is 3.14. The van der Waals surface area contributed by atoms with E-state index in [1.54, 1.807) is 0 Å². The van der Waals surface area contributed by atoms with Crippen LogP contribution in [0.5, 0.6) is 0 Å². The largest absolute Gasteiger partial charge is 0.401 e. The van der Waals surface area contributed by atoms with Gasteiger partial charge in [-0.15, -0.1) is 0 Å². The first-order valence-electron chi connectivity index (χ1n) is 6.23. The first-order chi connectivity index (χ1) is 8.92. The van der Waals surface area contributed by atoms with Gasteiger partial charge in [0.05, 0.1) is 6.54 Å². The summed E-state index contributed by atoms with van der Waals surface area (Å²) in [5.74, 6) is 0.345. The number of piperazine rings is 1. The Morgan fingerprint density at radius 3 is 2.26 bits per heavy atom. The Morgan fingerprint density at radius 1 is 1.16 bits per heavy atom. The minimum atomic E-state index is -4.10. The van der Waals surface area contributed by atoms with Crippen LogP contribution in [0.25, 0.3) is 0 Å². The van der Waals surface area contributed by atoms with E-state index in [0.29, 0.717) is 19.0 Å². The normalized spacial score (nSPS) is 31.1. The molecule has 0 amide bonds. The van der Waals surface area contributed by atoms with Crippen molar-refractivity contribution in [3.8, 4) is 0 Å². The molecule has 0 saturated carbocycles. The zero-order valence-corrected chi connectivity index (χ0v) is 11.7. The van der Waals surface area contributed by atoms with E-state index in [-0.39, 0.29) is 12.1 Å². The lowest BCUT2D eigenvalue weighted by Gasteiger charge is -2.55. The van der Waals surface area contributed by atoms with Crippen molar-refractivity contribution in [2.75, 3.05) is 19.6 Å². The number of alkyl halides is 3. The highest BCUT2D eigenvalue weighted by atomic mass is 79.9. The van der Waals surface area contributed by atoms with Crippen LogP contribution in [0.2, 0.25) is 0 Å². The molecule has 0 spiro atoms. The summed E-state index contributed by atoms with van der Waals surface area (Å²) in [7, 11) is 0. The van der Waals surface area contributed by atoms with Crippen LogP contribution in [0, 0.1) is 0 Å². The average Bonchev–Trinajstić information content (AvgIpc) is 2.29. The maximum atomic E-state index is 12.4. The third-order valence-corrected chi connectivity index (χ3v) is 4.39. The lowest BCUT2D eigenvalue weighted by molar-refractivity contribution is -0.155. The number of fused-ring (bicyclic) bond motifs is 2. The molecule has 0 aliphatic carbocycles. The Morgan fingerprint density at radius 2 is 1.74 bits per heavy atom.